The molecule has 0 bridgehead atoms. The Balaban J connectivity index is 1.84. The average Bonchev–Trinajstić information content (AvgIpc) is 2.91. The lowest BCUT2D eigenvalue weighted by Gasteiger charge is -2.31. The third-order valence-corrected chi connectivity index (χ3v) is 5.30. The summed E-state index contributed by atoms with van der Waals surface area (Å²) in [4.78, 5) is 12.0. The summed E-state index contributed by atoms with van der Waals surface area (Å²) in [6.07, 6.45) is 0.479. The Kier molecular flexibility index (Phi) is 3.30. The number of hydrogen-bond acceptors (Lipinski definition) is 4. The van der Waals surface area contributed by atoms with Gasteiger partial charge in [-0.15, -0.1) is 11.3 Å². The Morgan fingerprint density at radius 2 is 1.83 bits per heavy atom. The minimum atomic E-state index is -0.352. The zero-order valence-electron chi connectivity index (χ0n) is 12.9. The molecule has 1 aromatic carbocycles. The van der Waals surface area contributed by atoms with Gasteiger partial charge in [-0.05, 0) is 48.9 Å². The quantitative estimate of drug-likeness (QED) is 0.671. The molecule has 0 spiro atoms. The van der Waals surface area contributed by atoms with Gasteiger partial charge in [0, 0.05) is 18.7 Å². The zero-order valence-corrected chi connectivity index (χ0v) is 13.7. The van der Waals surface area contributed by atoms with Crippen LogP contribution in [-0.4, -0.2) is 16.5 Å². The van der Waals surface area contributed by atoms with E-state index in [-0.39, 0.29) is 11.6 Å². The van der Waals surface area contributed by atoms with E-state index < -0.39 is 0 Å². The molecule has 0 N–H and O–H groups in total. The summed E-state index contributed by atoms with van der Waals surface area (Å²) < 4.78 is 28.0. The maximum Gasteiger partial charge on any atom is 0.141 e. The van der Waals surface area contributed by atoms with Crippen LogP contribution in [0.3, 0.4) is 0 Å². The van der Waals surface area contributed by atoms with Gasteiger partial charge in [0.1, 0.15) is 28.1 Å². The van der Waals surface area contributed by atoms with Gasteiger partial charge in [-0.3, -0.25) is 0 Å². The summed E-state index contributed by atoms with van der Waals surface area (Å²) in [5.41, 5.74) is 2.05. The van der Waals surface area contributed by atoms with Crippen LogP contribution >= 0.6 is 11.3 Å². The van der Waals surface area contributed by atoms with Crippen molar-refractivity contribution in [2.75, 3.05) is 11.4 Å². The molecule has 23 heavy (non-hydrogen) atoms. The summed E-state index contributed by atoms with van der Waals surface area (Å²) in [6, 6.07) is 2.41. The highest BCUT2D eigenvalue weighted by Crippen LogP contribution is 2.34. The van der Waals surface area contributed by atoms with E-state index in [1.54, 1.807) is 11.3 Å². The molecule has 3 aromatic rings. The zero-order chi connectivity index (χ0) is 16.1. The van der Waals surface area contributed by atoms with Gasteiger partial charge in [0.2, 0.25) is 0 Å². The van der Waals surface area contributed by atoms with Gasteiger partial charge in [-0.1, -0.05) is 0 Å². The first-order chi connectivity index (χ1) is 11.0. The molecule has 1 aliphatic rings. The Morgan fingerprint density at radius 1 is 1.09 bits per heavy atom. The van der Waals surface area contributed by atoms with Crippen molar-refractivity contribution in [2.45, 2.75) is 26.8 Å². The normalized spacial score (nSPS) is 14.3. The van der Waals surface area contributed by atoms with Gasteiger partial charge >= 0.3 is 0 Å². The summed E-state index contributed by atoms with van der Waals surface area (Å²) in [6.45, 7) is 4.84. The summed E-state index contributed by atoms with van der Waals surface area (Å²) in [7, 11) is 0. The average molecular weight is 331 g/mol. The first-order valence-electron chi connectivity index (χ1n) is 7.47. The second kappa shape index (κ2) is 5.23. The van der Waals surface area contributed by atoms with Crippen LogP contribution in [0, 0.1) is 25.5 Å². The van der Waals surface area contributed by atoms with E-state index in [2.05, 4.69) is 15.3 Å². The van der Waals surface area contributed by atoms with Gasteiger partial charge in [-0.2, -0.15) is 0 Å². The van der Waals surface area contributed by atoms with Crippen LogP contribution in [0.5, 0.6) is 0 Å². The lowest BCUT2D eigenvalue weighted by Crippen LogP contribution is -2.32. The highest BCUT2D eigenvalue weighted by molar-refractivity contribution is 7.17. The molecule has 3 heterocycles. The van der Waals surface area contributed by atoms with Crippen molar-refractivity contribution in [3.8, 4) is 0 Å². The van der Waals surface area contributed by atoms with Crippen molar-refractivity contribution in [3.63, 3.8) is 0 Å². The minimum absolute atomic E-state index is 0.322. The maximum atomic E-state index is 14.1. The molecule has 2 aromatic heterocycles. The van der Waals surface area contributed by atoms with Crippen LogP contribution in [0.25, 0.3) is 10.2 Å². The van der Waals surface area contributed by atoms with Gasteiger partial charge in [0.05, 0.1) is 5.39 Å². The monoisotopic (exact) mass is 331 g/mol. The number of halogens is 2. The van der Waals surface area contributed by atoms with E-state index in [0.29, 0.717) is 36.5 Å². The molecule has 0 unspecified atom stereocenters. The Morgan fingerprint density at radius 3 is 2.61 bits per heavy atom. The number of benzene rings is 1. The summed E-state index contributed by atoms with van der Waals surface area (Å²) in [5.74, 6) is 0.840. The van der Waals surface area contributed by atoms with Gasteiger partial charge < -0.3 is 4.90 Å². The van der Waals surface area contributed by atoms with E-state index in [0.717, 1.165) is 21.6 Å². The van der Waals surface area contributed by atoms with Crippen molar-refractivity contribution in [3.05, 3.63) is 51.7 Å². The molecule has 118 valence electrons. The Labute approximate surface area is 136 Å². The van der Waals surface area contributed by atoms with Crippen molar-refractivity contribution < 1.29 is 8.78 Å². The van der Waals surface area contributed by atoms with Crippen LogP contribution in [-0.2, 0) is 13.0 Å². The maximum absolute atomic E-state index is 14.1. The van der Waals surface area contributed by atoms with Crippen molar-refractivity contribution in [1.82, 2.24) is 9.97 Å². The number of thiophene rings is 1. The summed E-state index contributed by atoms with van der Waals surface area (Å²) >= 11 is 1.59. The van der Waals surface area contributed by atoms with Gasteiger partial charge in [0.15, 0.2) is 0 Å². The minimum Gasteiger partial charge on any atom is -0.351 e. The van der Waals surface area contributed by atoms with E-state index in [9.17, 15) is 8.78 Å². The molecule has 6 heteroatoms. The topological polar surface area (TPSA) is 29.0 Å². The second-order valence-corrected chi connectivity index (χ2v) is 6.71. The van der Waals surface area contributed by atoms with Crippen molar-refractivity contribution in [1.29, 1.82) is 0 Å². The van der Waals surface area contributed by atoms with Crippen LogP contribution in [0.4, 0.5) is 14.6 Å². The SMILES string of the molecule is Cc1nc(N2CCc3c(F)ccc(F)c3C2)c2c(C)csc2n1. The van der Waals surface area contributed by atoms with Crippen LogP contribution in [0.15, 0.2) is 17.5 Å². The molecule has 3 nitrogen and oxygen atoms in total. The van der Waals surface area contributed by atoms with Gasteiger partial charge in [-0.25, -0.2) is 18.7 Å². The Bertz CT molecular complexity index is 920. The number of rotatable bonds is 1. The fourth-order valence-electron chi connectivity index (χ4n) is 3.17. The lowest BCUT2D eigenvalue weighted by molar-refractivity contribution is 0.548. The van der Waals surface area contributed by atoms with Crippen molar-refractivity contribution >= 4 is 27.4 Å². The first-order valence-corrected chi connectivity index (χ1v) is 8.35. The van der Waals surface area contributed by atoms with E-state index in [1.165, 1.54) is 12.1 Å². The van der Waals surface area contributed by atoms with Gasteiger partial charge in [0.25, 0.3) is 0 Å². The fourth-order valence-corrected chi connectivity index (χ4v) is 4.13. The van der Waals surface area contributed by atoms with Crippen LogP contribution < -0.4 is 4.90 Å². The number of hydrogen-bond donors (Lipinski definition) is 0. The predicted octanol–water partition coefficient (Wildman–Crippen LogP) is 4.15. The molecule has 4 rings (SSSR count). The van der Waals surface area contributed by atoms with Crippen LogP contribution in [0.2, 0.25) is 0 Å². The van der Waals surface area contributed by atoms with Crippen LogP contribution in [0.1, 0.15) is 22.5 Å². The molecule has 0 radical (unpaired) electrons. The molecular weight excluding hydrogens is 316 g/mol. The Hall–Kier alpha value is -2.08. The fraction of sp³-hybridized carbons (Fsp3) is 0.294. The lowest BCUT2D eigenvalue weighted by atomic mass is 9.98. The van der Waals surface area contributed by atoms with Crippen molar-refractivity contribution in [2.24, 2.45) is 0 Å². The smallest absolute Gasteiger partial charge is 0.141 e. The molecule has 0 saturated heterocycles. The van der Waals surface area contributed by atoms with E-state index in [4.69, 9.17) is 0 Å². The standard InChI is InChI=1S/C17H15F2N3S/c1-9-8-23-17-15(9)16(20-10(2)21-17)22-6-5-11-12(7-22)14(19)4-3-13(11)18/h3-4,8H,5-7H2,1-2H3. The number of aryl methyl sites for hydroxylation is 2. The number of aromatic nitrogens is 2. The second-order valence-electron chi connectivity index (χ2n) is 5.85. The summed E-state index contributed by atoms with van der Waals surface area (Å²) in [5, 5.41) is 3.07. The highest BCUT2D eigenvalue weighted by atomic mass is 32.1. The third kappa shape index (κ3) is 2.28. The molecule has 0 fully saturated rings. The third-order valence-electron chi connectivity index (χ3n) is 4.31. The number of fused-ring (bicyclic) bond motifs is 2. The molecule has 0 saturated carbocycles. The molecule has 0 amide bonds. The number of nitrogens with zero attached hydrogens (tertiary/aromatic N) is 3. The molecule has 1 aliphatic heterocycles. The molecule has 0 atom stereocenters. The predicted molar refractivity (Wildman–Crippen MR) is 88.0 cm³/mol. The largest absolute Gasteiger partial charge is 0.351 e. The van der Waals surface area contributed by atoms with E-state index >= 15 is 0 Å². The first kappa shape index (κ1) is 14.5. The molecule has 0 aliphatic carbocycles. The highest BCUT2D eigenvalue weighted by Gasteiger charge is 2.25. The van der Waals surface area contributed by atoms with E-state index in [1.807, 2.05) is 18.7 Å². The number of anilines is 1. The molecular formula is C17H15F2N3S.